The van der Waals surface area contributed by atoms with Crippen LogP contribution in [0.4, 0.5) is 22.0 Å². The molecule has 17 atom stereocenters. The Hall–Kier alpha value is -1.62. The van der Waals surface area contributed by atoms with E-state index >= 15 is 0 Å². The molecular weight excluding hydrogens is 864 g/mol. The van der Waals surface area contributed by atoms with Crippen LogP contribution < -0.4 is 0 Å². The van der Waals surface area contributed by atoms with E-state index in [0.717, 1.165) is 70.6 Å². The Bertz CT molecular complexity index is 1640. The van der Waals surface area contributed by atoms with Gasteiger partial charge in [0.1, 0.15) is 54.6 Å². The summed E-state index contributed by atoms with van der Waals surface area (Å²) in [6.45, 7) is 0.860. The quantitative estimate of drug-likeness (QED) is 0.0677. The molecule has 63 heavy (non-hydrogen) atoms. The lowest BCUT2D eigenvalue weighted by molar-refractivity contribution is -0.365. The summed E-state index contributed by atoms with van der Waals surface area (Å²) in [7, 11) is -1.43. The lowest BCUT2D eigenvalue weighted by Gasteiger charge is -2.54. The number of aromatic hydroxyl groups is 1. The number of hydrogen-bond donors (Lipinski definition) is 8. The monoisotopic (exact) mass is 930 g/mol. The van der Waals surface area contributed by atoms with Gasteiger partial charge in [0.25, 0.3) is 0 Å². The molecule has 1 aromatic carbocycles. The Morgan fingerprint density at radius 3 is 2.06 bits per heavy atom. The molecule has 4 fully saturated rings. The molecule has 2 heterocycles. The molecule has 362 valence electrons. The molecule has 2 saturated heterocycles. The van der Waals surface area contributed by atoms with Crippen LogP contribution in [-0.2, 0) is 36.2 Å². The molecule has 1 aromatic rings. The van der Waals surface area contributed by atoms with E-state index in [0.29, 0.717) is 30.6 Å². The third-order valence-corrected chi connectivity index (χ3v) is 16.3. The van der Waals surface area contributed by atoms with Crippen LogP contribution in [0.25, 0.3) is 0 Å². The van der Waals surface area contributed by atoms with E-state index in [4.69, 9.17) is 18.9 Å². The number of phenols is 1. The maximum atomic E-state index is 13.1. The Morgan fingerprint density at radius 1 is 0.762 bits per heavy atom. The average Bonchev–Trinajstić information content (AvgIpc) is 3.57. The minimum Gasteiger partial charge on any atom is -0.508 e. The second kappa shape index (κ2) is 21.6. The van der Waals surface area contributed by atoms with Crippen molar-refractivity contribution in [1.82, 2.24) is 0 Å². The van der Waals surface area contributed by atoms with Gasteiger partial charge in [0.2, 0.25) is 0 Å². The summed E-state index contributed by atoms with van der Waals surface area (Å²) in [4.78, 5) is 0. The Balaban J connectivity index is 1.01. The number of fused-ring (bicyclic) bond motifs is 5. The van der Waals surface area contributed by atoms with Gasteiger partial charge < -0.3 is 59.8 Å². The minimum atomic E-state index is -5.59. The van der Waals surface area contributed by atoms with Gasteiger partial charge in [-0.1, -0.05) is 51.5 Å². The van der Waals surface area contributed by atoms with E-state index in [2.05, 4.69) is 13.0 Å². The first kappa shape index (κ1) is 50.8. The topological polar surface area (TPSA) is 216 Å². The van der Waals surface area contributed by atoms with E-state index in [-0.39, 0.29) is 34.7 Å². The van der Waals surface area contributed by atoms with Crippen LogP contribution >= 0.6 is 0 Å². The molecule has 3 aliphatic carbocycles. The number of halogens is 5. The summed E-state index contributed by atoms with van der Waals surface area (Å²) in [5.41, 5.74) is 2.13. The van der Waals surface area contributed by atoms with E-state index in [1.54, 1.807) is 6.07 Å². The van der Waals surface area contributed by atoms with Crippen LogP contribution in [0.3, 0.4) is 0 Å². The van der Waals surface area contributed by atoms with Crippen LogP contribution in [0, 0.1) is 23.2 Å². The molecule has 0 bridgehead atoms. The zero-order valence-electron chi connectivity index (χ0n) is 35.7. The number of phenolic OH excluding ortho intramolecular Hbond substituents is 1. The highest BCUT2D eigenvalue weighted by molar-refractivity contribution is 7.84. The summed E-state index contributed by atoms with van der Waals surface area (Å²) >= 11 is 0. The Morgan fingerprint density at radius 2 is 1.38 bits per heavy atom. The molecule has 8 N–H and O–H groups in total. The van der Waals surface area contributed by atoms with Crippen molar-refractivity contribution in [2.45, 2.75) is 189 Å². The molecular formula is C44H67F5O13S. The average molecular weight is 931 g/mol. The van der Waals surface area contributed by atoms with E-state index in [1.165, 1.54) is 11.1 Å². The fourth-order valence-electron chi connectivity index (χ4n) is 11.3. The molecule has 6 rings (SSSR count). The first-order valence-electron chi connectivity index (χ1n) is 22.7. The molecule has 0 radical (unpaired) electrons. The van der Waals surface area contributed by atoms with Gasteiger partial charge >= 0.3 is 12.1 Å². The van der Waals surface area contributed by atoms with Gasteiger partial charge in [0, 0.05) is 28.7 Å². The van der Waals surface area contributed by atoms with Crippen LogP contribution in [0.15, 0.2) is 18.2 Å². The summed E-state index contributed by atoms with van der Waals surface area (Å²) in [6.07, 6.45) is -11.7. The summed E-state index contributed by atoms with van der Waals surface area (Å²) < 4.78 is 99.3. The first-order chi connectivity index (χ1) is 29.8. The van der Waals surface area contributed by atoms with Crippen molar-refractivity contribution in [2.24, 2.45) is 23.2 Å². The zero-order valence-corrected chi connectivity index (χ0v) is 36.6. The van der Waals surface area contributed by atoms with Crippen LogP contribution in [-0.4, -0.2) is 149 Å². The lowest BCUT2D eigenvalue weighted by Crippen LogP contribution is -2.65. The van der Waals surface area contributed by atoms with Crippen molar-refractivity contribution in [3.8, 4) is 5.75 Å². The zero-order chi connectivity index (χ0) is 45.9. The van der Waals surface area contributed by atoms with Crippen LogP contribution in [0.1, 0.15) is 114 Å². The predicted octanol–water partition coefficient (Wildman–Crippen LogP) is 4.33. The largest absolute Gasteiger partial charge is 0.508 e. The maximum absolute atomic E-state index is 13.1. The van der Waals surface area contributed by atoms with Gasteiger partial charge in [-0.15, -0.1) is 0 Å². The Labute approximate surface area is 367 Å². The number of hydrogen-bond acceptors (Lipinski definition) is 13. The second-order valence-electron chi connectivity index (χ2n) is 18.8. The van der Waals surface area contributed by atoms with Gasteiger partial charge in [0.05, 0.1) is 19.3 Å². The number of alkyl halides is 5. The van der Waals surface area contributed by atoms with Crippen molar-refractivity contribution in [3.05, 3.63) is 29.3 Å². The van der Waals surface area contributed by atoms with Crippen molar-refractivity contribution < 1.29 is 86.0 Å². The van der Waals surface area contributed by atoms with Gasteiger partial charge in [-0.05, 0) is 104 Å². The molecule has 0 spiro atoms. The number of rotatable bonds is 20. The number of benzene rings is 1. The van der Waals surface area contributed by atoms with Crippen molar-refractivity contribution in [3.63, 3.8) is 0 Å². The molecule has 1 unspecified atom stereocenters. The normalized spacial score (nSPS) is 38.8. The highest BCUT2D eigenvalue weighted by Crippen LogP contribution is 2.63. The Kier molecular flexibility index (Phi) is 17.4. The summed E-state index contributed by atoms with van der Waals surface area (Å²) in [5, 5.41) is 83.8. The van der Waals surface area contributed by atoms with Gasteiger partial charge in [-0.3, -0.25) is 4.21 Å². The van der Waals surface area contributed by atoms with Crippen molar-refractivity contribution in [1.29, 1.82) is 0 Å². The third-order valence-electron chi connectivity index (χ3n) is 14.8. The van der Waals surface area contributed by atoms with E-state index < -0.39 is 110 Å². The lowest BCUT2D eigenvalue weighted by atomic mass is 9.52. The maximum Gasteiger partial charge on any atom is 0.453 e. The number of aliphatic hydroxyl groups excluding tert-OH is 7. The second-order valence-corrected chi connectivity index (χ2v) is 20.5. The molecule has 2 saturated carbocycles. The molecule has 13 nitrogen and oxygen atoms in total. The SMILES string of the molecule is C[C@]12CC[C@@H]3c4ccc(O)cc4C[C@@H](CCCCCCCCCS(=O)CCCC(F)(F)C(F)(F)F)[C@H]3[C@@H]1CC[C@@H]2O[C@@H]1O[C@H](CO)[C@@H](O[C@@H]2O[C@H](CO)[C@@H](O)[C@H](O)[C@H]2O)[C@H](O)[C@H]1O. The molecule has 19 heteroatoms. The summed E-state index contributed by atoms with van der Waals surface area (Å²) in [5.74, 6) is -3.18. The van der Waals surface area contributed by atoms with E-state index in [1.807, 2.05) is 6.07 Å². The molecule has 0 amide bonds. The number of aliphatic hydroxyl groups is 7. The van der Waals surface area contributed by atoms with Gasteiger partial charge in [0.15, 0.2) is 12.6 Å². The molecule has 2 aliphatic heterocycles. The molecule has 5 aliphatic rings. The summed E-state index contributed by atoms with van der Waals surface area (Å²) in [6, 6.07) is 5.69. The van der Waals surface area contributed by atoms with Crippen molar-refractivity contribution >= 4 is 10.8 Å². The number of ether oxygens (including phenoxy) is 4. The standard InChI is InChI=1S/C44H67F5O13S/c1-42-17-15-28-27-12-11-26(52)21-25(27)20-24(10-7-5-3-2-4-6-8-18-63(58)19-9-16-43(45,46)44(47,48)49)33(28)29(42)13-14-32(42)61-40-38(57)36(55)39(31(23-51)60-40)62-41-37(56)35(54)34(53)30(22-50)59-41/h11-12,21,24,28-41,50-57H,2-10,13-20,22-23H2,1H3/t24-,28-,29+,30-,31-,32+,33-,34-,35+,36-,37-,38-,39-,40+,41+,42+,63?/m1/s1. The van der Waals surface area contributed by atoms with Crippen molar-refractivity contribution in [2.75, 3.05) is 24.7 Å². The first-order valence-corrected chi connectivity index (χ1v) is 24.1. The molecule has 0 aromatic heterocycles. The van der Waals surface area contributed by atoms with Gasteiger partial charge in [-0.2, -0.15) is 22.0 Å². The van der Waals surface area contributed by atoms with E-state index in [9.17, 15) is 67.0 Å². The fraction of sp³-hybridized carbons (Fsp3) is 0.864. The third kappa shape index (κ3) is 11.4. The minimum absolute atomic E-state index is 0.171. The fourth-order valence-corrected chi connectivity index (χ4v) is 12.5. The number of unbranched alkanes of at least 4 members (excludes halogenated alkanes) is 6. The van der Waals surface area contributed by atoms with Crippen LogP contribution in [0.2, 0.25) is 0 Å². The van der Waals surface area contributed by atoms with Gasteiger partial charge in [-0.25, -0.2) is 0 Å². The smallest absolute Gasteiger partial charge is 0.453 e. The highest BCUT2D eigenvalue weighted by atomic mass is 32.2. The van der Waals surface area contributed by atoms with Crippen LogP contribution in [0.5, 0.6) is 5.75 Å². The highest BCUT2D eigenvalue weighted by Gasteiger charge is 2.60. The predicted molar refractivity (Wildman–Crippen MR) is 218 cm³/mol.